The Hall–Kier alpha value is -2.01. The summed E-state index contributed by atoms with van der Waals surface area (Å²) in [6.45, 7) is 3.19. The first kappa shape index (κ1) is 22.2. The molecule has 31 heavy (non-hydrogen) atoms. The van der Waals surface area contributed by atoms with Crippen molar-refractivity contribution in [2.45, 2.75) is 50.2 Å². The number of fused-ring (bicyclic) bond motifs is 1. The minimum Gasteiger partial charge on any atom is -0.487 e. The SMILES string of the molecule is C[C@@H]1[C@@H](Oc2cc(C(F)(F)F)ccc2Br)CCN1C(=O)N1CCC2OCC(=O)N[C@@H]2C1. The lowest BCUT2D eigenvalue weighted by atomic mass is 10.0. The predicted octanol–water partition coefficient (Wildman–Crippen LogP) is 3.02. The average Bonchev–Trinajstić information content (AvgIpc) is 3.07. The van der Waals surface area contributed by atoms with Crippen LogP contribution in [0.3, 0.4) is 0 Å². The number of halogens is 4. The van der Waals surface area contributed by atoms with Crippen LogP contribution in [0.1, 0.15) is 25.3 Å². The molecular formula is C20H23BrF3N3O4. The third kappa shape index (κ3) is 4.62. The fraction of sp³-hybridized carbons (Fsp3) is 0.600. The Labute approximate surface area is 186 Å². The summed E-state index contributed by atoms with van der Waals surface area (Å²) < 4.78 is 51.0. The zero-order valence-corrected chi connectivity index (χ0v) is 18.4. The van der Waals surface area contributed by atoms with Crippen LogP contribution in [0.2, 0.25) is 0 Å². The summed E-state index contributed by atoms with van der Waals surface area (Å²) in [5.74, 6) is -0.0888. The number of piperidine rings is 1. The first-order valence-corrected chi connectivity index (χ1v) is 10.9. The van der Waals surface area contributed by atoms with Gasteiger partial charge in [0, 0.05) is 26.1 Å². The van der Waals surface area contributed by atoms with Gasteiger partial charge in [0.15, 0.2) is 0 Å². The van der Waals surface area contributed by atoms with Crippen molar-refractivity contribution in [3.05, 3.63) is 28.2 Å². The highest BCUT2D eigenvalue weighted by molar-refractivity contribution is 9.10. The van der Waals surface area contributed by atoms with E-state index in [4.69, 9.17) is 9.47 Å². The quantitative estimate of drug-likeness (QED) is 0.670. The van der Waals surface area contributed by atoms with Crippen molar-refractivity contribution >= 4 is 27.9 Å². The van der Waals surface area contributed by atoms with E-state index in [2.05, 4.69) is 21.2 Å². The van der Waals surface area contributed by atoms with Crippen molar-refractivity contribution in [3.8, 4) is 5.75 Å². The van der Waals surface area contributed by atoms with Crippen molar-refractivity contribution in [1.82, 2.24) is 15.1 Å². The number of alkyl halides is 3. The summed E-state index contributed by atoms with van der Waals surface area (Å²) >= 11 is 3.24. The number of ether oxygens (including phenoxy) is 2. The number of nitrogens with one attached hydrogen (secondary N) is 1. The molecule has 11 heteroatoms. The highest BCUT2D eigenvalue weighted by atomic mass is 79.9. The van der Waals surface area contributed by atoms with Crippen molar-refractivity contribution in [1.29, 1.82) is 0 Å². The van der Waals surface area contributed by atoms with Gasteiger partial charge in [0.25, 0.3) is 0 Å². The van der Waals surface area contributed by atoms with Gasteiger partial charge in [-0.2, -0.15) is 13.2 Å². The molecule has 1 N–H and O–H groups in total. The molecule has 0 aromatic heterocycles. The Morgan fingerprint density at radius 2 is 2.06 bits per heavy atom. The number of carbonyl (C=O) groups is 2. The molecule has 3 aliphatic heterocycles. The summed E-state index contributed by atoms with van der Waals surface area (Å²) in [5, 5.41) is 2.87. The minimum absolute atomic E-state index is 0.0440. The smallest absolute Gasteiger partial charge is 0.416 e. The van der Waals surface area contributed by atoms with Crippen molar-refractivity contribution < 1.29 is 32.2 Å². The van der Waals surface area contributed by atoms with Crippen LogP contribution < -0.4 is 10.1 Å². The number of hydrogen-bond donors (Lipinski definition) is 1. The Kier molecular flexibility index (Phi) is 6.08. The van der Waals surface area contributed by atoms with E-state index in [0.29, 0.717) is 36.9 Å². The van der Waals surface area contributed by atoms with Gasteiger partial charge in [-0.1, -0.05) is 0 Å². The van der Waals surface area contributed by atoms with E-state index >= 15 is 0 Å². The van der Waals surface area contributed by atoms with Gasteiger partial charge in [-0.15, -0.1) is 0 Å². The normalized spacial score (nSPS) is 28.9. The third-order valence-electron chi connectivity index (χ3n) is 6.06. The maximum atomic E-state index is 13.1. The second kappa shape index (κ2) is 8.50. The molecule has 4 rings (SSSR count). The molecule has 170 valence electrons. The van der Waals surface area contributed by atoms with E-state index in [9.17, 15) is 22.8 Å². The fourth-order valence-electron chi connectivity index (χ4n) is 4.33. The monoisotopic (exact) mass is 505 g/mol. The molecule has 0 aliphatic carbocycles. The minimum atomic E-state index is -4.47. The number of hydrogen-bond acceptors (Lipinski definition) is 4. The summed E-state index contributed by atoms with van der Waals surface area (Å²) in [6, 6.07) is 2.56. The largest absolute Gasteiger partial charge is 0.487 e. The molecule has 1 aromatic rings. The Bertz CT molecular complexity index is 869. The second-order valence-corrected chi connectivity index (χ2v) is 8.92. The summed E-state index contributed by atoms with van der Waals surface area (Å²) in [7, 11) is 0. The highest BCUT2D eigenvalue weighted by Crippen LogP contribution is 2.37. The Balaban J connectivity index is 1.41. The van der Waals surface area contributed by atoms with Gasteiger partial charge < -0.3 is 24.6 Å². The van der Waals surface area contributed by atoms with Crippen molar-refractivity contribution in [2.75, 3.05) is 26.2 Å². The number of morpholine rings is 1. The van der Waals surface area contributed by atoms with Crippen LogP contribution in [-0.2, 0) is 15.7 Å². The molecule has 3 heterocycles. The fourth-order valence-corrected chi connectivity index (χ4v) is 4.67. The number of likely N-dealkylation sites (tertiary alicyclic amines) is 2. The standard InChI is InChI=1S/C20H23BrF3N3O4/c1-11-15(31-17-8-12(20(22,23)24)2-3-13(17)21)5-7-27(11)19(29)26-6-4-16-14(9-26)25-18(28)10-30-16/h2-3,8,11,14-16H,4-7,9-10H2,1H3,(H,25,28)/t11-,14-,15+,16?/m1/s1. The van der Waals surface area contributed by atoms with Gasteiger partial charge in [-0.3, -0.25) is 4.79 Å². The number of urea groups is 1. The number of nitrogens with zero attached hydrogens (tertiary/aromatic N) is 2. The lowest BCUT2D eigenvalue weighted by Gasteiger charge is -2.42. The van der Waals surface area contributed by atoms with Crippen LogP contribution in [0, 0.1) is 0 Å². The Morgan fingerprint density at radius 1 is 1.29 bits per heavy atom. The second-order valence-electron chi connectivity index (χ2n) is 8.06. The first-order valence-electron chi connectivity index (χ1n) is 10.1. The van der Waals surface area contributed by atoms with E-state index in [1.54, 1.807) is 9.80 Å². The van der Waals surface area contributed by atoms with Crippen LogP contribution in [0.15, 0.2) is 22.7 Å². The summed E-state index contributed by atoms with van der Waals surface area (Å²) in [4.78, 5) is 28.1. The zero-order valence-electron chi connectivity index (χ0n) is 16.8. The molecular weight excluding hydrogens is 483 g/mol. The molecule has 1 unspecified atom stereocenters. The van der Waals surface area contributed by atoms with Crippen LogP contribution in [0.5, 0.6) is 5.75 Å². The molecule has 7 nitrogen and oxygen atoms in total. The van der Waals surface area contributed by atoms with E-state index in [0.717, 1.165) is 12.1 Å². The number of carbonyl (C=O) groups excluding carboxylic acids is 2. The predicted molar refractivity (Wildman–Crippen MR) is 108 cm³/mol. The van der Waals surface area contributed by atoms with Crippen LogP contribution >= 0.6 is 15.9 Å². The molecule has 3 aliphatic rings. The first-order chi connectivity index (χ1) is 14.6. The topological polar surface area (TPSA) is 71.1 Å². The van der Waals surface area contributed by atoms with Crippen molar-refractivity contribution in [3.63, 3.8) is 0 Å². The van der Waals surface area contributed by atoms with Gasteiger partial charge in [-0.05, 0) is 47.5 Å². The van der Waals surface area contributed by atoms with E-state index in [1.165, 1.54) is 6.07 Å². The average molecular weight is 506 g/mol. The highest BCUT2D eigenvalue weighted by Gasteiger charge is 2.42. The lowest BCUT2D eigenvalue weighted by Crippen LogP contribution is -2.62. The lowest BCUT2D eigenvalue weighted by molar-refractivity contribution is -0.140. The molecule has 3 fully saturated rings. The van der Waals surface area contributed by atoms with E-state index < -0.39 is 17.8 Å². The maximum absolute atomic E-state index is 13.1. The third-order valence-corrected chi connectivity index (χ3v) is 6.72. The molecule has 0 saturated carbocycles. The molecule has 4 atom stereocenters. The summed E-state index contributed by atoms with van der Waals surface area (Å²) in [5.41, 5.74) is -0.788. The molecule has 3 amide bonds. The molecule has 1 aromatic carbocycles. The van der Waals surface area contributed by atoms with Gasteiger partial charge in [-0.25, -0.2) is 4.79 Å². The van der Waals surface area contributed by atoms with E-state index in [-0.39, 0.29) is 42.5 Å². The molecule has 0 bridgehead atoms. The van der Waals surface area contributed by atoms with Crippen LogP contribution in [0.25, 0.3) is 0 Å². The van der Waals surface area contributed by atoms with Crippen molar-refractivity contribution in [2.24, 2.45) is 0 Å². The van der Waals surface area contributed by atoms with Crippen LogP contribution in [-0.4, -0.2) is 72.3 Å². The van der Waals surface area contributed by atoms with E-state index in [1.807, 2.05) is 6.92 Å². The molecule has 0 spiro atoms. The molecule has 3 saturated heterocycles. The van der Waals surface area contributed by atoms with Gasteiger partial charge >= 0.3 is 12.2 Å². The Morgan fingerprint density at radius 3 is 2.81 bits per heavy atom. The number of benzene rings is 1. The zero-order chi connectivity index (χ0) is 22.3. The van der Waals surface area contributed by atoms with Gasteiger partial charge in [0.1, 0.15) is 18.5 Å². The number of rotatable bonds is 2. The van der Waals surface area contributed by atoms with Gasteiger partial charge in [0.2, 0.25) is 5.91 Å². The number of amides is 3. The van der Waals surface area contributed by atoms with Gasteiger partial charge in [0.05, 0.1) is 28.2 Å². The molecule has 0 radical (unpaired) electrons. The van der Waals surface area contributed by atoms with Crippen LogP contribution in [0.4, 0.5) is 18.0 Å². The maximum Gasteiger partial charge on any atom is 0.416 e. The summed E-state index contributed by atoms with van der Waals surface area (Å²) in [6.07, 6.45) is -3.84.